The Labute approximate surface area is 199 Å². The van der Waals surface area contributed by atoms with Crippen LogP contribution in [0.3, 0.4) is 0 Å². The van der Waals surface area contributed by atoms with Crippen LogP contribution in [0.1, 0.15) is 17.9 Å². The number of nitrogens with zero attached hydrogens (tertiary/aromatic N) is 3. The maximum Gasteiger partial charge on any atom is 0.242 e. The lowest BCUT2D eigenvalue weighted by molar-refractivity contribution is -0.140. The van der Waals surface area contributed by atoms with E-state index in [4.69, 9.17) is 9.15 Å². The molecule has 0 N–H and O–H groups in total. The van der Waals surface area contributed by atoms with Gasteiger partial charge in [0, 0.05) is 44.1 Å². The number of furan rings is 1. The van der Waals surface area contributed by atoms with Crippen LogP contribution in [-0.4, -0.2) is 58.7 Å². The molecule has 0 aliphatic carbocycles. The highest BCUT2D eigenvalue weighted by molar-refractivity contribution is 8.00. The van der Waals surface area contributed by atoms with Gasteiger partial charge in [0.25, 0.3) is 0 Å². The van der Waals surface area contributed by atoms with Gasteiger partial charge in [-0.1, -0.05) is 18.2 Å². The molecule has 0 spiro atoms. The van der Waals surface area contributed by atoms with Gasteiger partial charge in [0.2, 0.25) is 11.8 Å². The van der Waals surface area contributed by atoms with Gasteiger partial charge in [-0.25, -0.2) is 0 Å². The molecule has 7 nitrogen and oxygen atoms in total. The molecule has 3 aromatic rings. The first-order valence-corrected chi connectivity index (χ1v) is 11.9. The van der Waals surface area contributed by atoms with E-state index in [-0.39, 0.29) is 24.1 Å². The van der Waals surface area contributed by atoms with Crippen LogP contribution in [0.15, 0.2) is 76.4 Å². The highest BCUT2D eigenvalue weighted by Gasteiger charge is 2.23. The van der Waals surface area contributed by atoms with Crippen molar-refractivity contribution < 1.29 is 18.7 Å². The van der Waals surface area contributed by atoms with E-state index < -0.39 is 0 Å². The van der Waals surface area contributed by atoms with Crippen molar-refractivity contribution in [2.75, 3.05) is 32.6 Å². The van der Waals surface area contributed by atoms with Crippen molar-refractivity contribution in [2.45, 2.75) is 24.4 Å². The molecule has 0 unspecified atom stereocenters. The molecule has 8 heteroatoms. The molecule has 176 valence electrons. The van der Waals surface area contributed by atoms with Crippen LogP contribution in [0, 0.1) is 0 Å². The summed E-state index contributed by atoms with van der Waals surface area (Å²) in [6.07, 6.45) is 4.22. The van der Waals surface area contributed by atoms with E-state index in [9.17, 15) is 9.59 Å². The molecular weight excluding hydrogens is 438 g/mol. The average molecular weight is 470 g/mol. The van der Waals surface area contributed by atoms with Gasteiger partial charge in [-0.15, -0.1) is 11.8 Å². The van der Waals surface area contributed by atoms with Gasteiger partial charge in [0.15, 0.2) is 0 Å². The standard InChI is InChI=1S/C25H31N3O4S/c1-26-13-6-9-21(26)17-28(18-22-10-7-16-32-22)24(29)19-27(14-8-15-31-2)25(30)20-33-23-11-4-3-5-12-23/h3-7,9-13,16H,8,14-15,17-20H2,1-2H3. The first kappa shape index (κ1) is 24.7. The number of carbonyl (C=O) groups excluding carboxylic acids is 2. The maximum atomic E-state index is 13.4. The number of thioether (sulfide) groups is 1. The zero-order valence-electron chi connectivity index (χ0n) is 19.2. The summed E-state index contributed by atoms with van der Waals surface area (Å²) in [6.45, 7) is 1.79. The largest absolute Gasteiger partial charge is 0.467 e. The van der Waals surface area contributed by atoms with Gasteiger partial charge in [0.1, 0.15) is 5.76 Å². The first-order chi connectivity index (χ1) is 16.1. The van der Waals surface area contributed by atoms with Crippen LogP contribution >= 0.6 is 11.8 Å². The second-order valence-corrected chi connectivity index (χ2v) is 8.75. The quantitative estimate of drug-likeness (QED) is 0.281. The molecule has 0 aliphatic rings. The Kier molecular flexibility index (Phi) is 9.65. The third-order valence-electron chi connectivity index (χ3n) is 5.24. The van der Waals surface area contributed by atoms with E-state index in [2.05, 4.69) is 0 Å². The SMILES string of the molecule is COCCCN(CC(=O)N(Cc1ccco1)Cc1cccn1C)C(=O)CSc1ccccc1. The Morgan fingerprint density at radius 3 is 2.48 bits per heavy atom. The minimum absolute atomic E-state index is 0.0169. The van der Waals surface area contributed by atoms with E-state index in [1.165, 1.54) is 11.8 Å². The molecule has 1 aromatic carbocycles. The van der Waals surface area contributed by atoms with Crippen LogP contribution in [0.5, 0.6) is 0 Å². The number of hydrogen-bond acceptors (Lipinski definition) is 5. The number of ether oxygens (including phenoxy) is 1. The van der Waals surface area contributed by atoms with Gasteiger partial charge in [0.05, 0.1) is 31.7 Å². The Morgan fingerprint density at radius 2 is 1.82 bits per heavy atom. The van der Waals surface area contributed by atoms with Crippen LogP contribution in [0.25, 0.3) is 0 Å². The lowest BCUT2D eigenvalue weighted by Crippen LogP contribution is -2.43. The molecule has 2 aromatic heterocycles. The number of rotatable bonds is 13. The molecular formula is C25H31N3O4S. The summed E-state index contributed by atoms with van der Waals surface area (Å²) in [5.41, 5.74) is 1.01. The number of carbonyl (C=O) groups is 2. The van der Waals surface area contributed by atoms with Crippen LogP contribution in [-0.2, 0) is 34.5 Å². The number of aromatic nitrogens is 1. The van der Waals surface area contributed by atoms with Crippen molar-refractivity contribution in [3.63, 3.8) is 0 Å². The molecule has 0 fully saturated rings. The van der Waals surface area contributed by atoms with E-state index >= 15 is 0 Å². The second kappa shape index (κ2) is 12.9. The third-order valence-corrected chi connectivity index (χ3v) is 6.24. The summed E-state index contributed by atoms with van der Waals surface area (Å²) < 4.78 is 12.6. The number of benzene rings is 1. The maximum absolute atomic E-state index is 13.4. The smallest absolute Gasteiger partial charge is 0.242 e. The van der Waals surface area contributed by atoms with E-state index in [0.29, 0.717) is 38.4 Å². The van der Waals surface area contributed by atoms with Crippen molar-refractivity contribution in [2.24, 2.45) is 7.05 Å². The summed E-state index contributed by atoms with van der Waals surface area (Å²) in [5.74, 6) is 0.794. The first-order valence-electron chi connectivity index (χ1n) is 10.9. The lowest BCUT2D eigenvalue weighted by atomic mass is 10.3. The van der Waals surface area contributed by atoms with Crippen LogP contribution < -0.4 is 0 Å². The Morgan fingerprint density at radius 1 is 1.00 bits per heavy atom. The Hall–Kier alpha value is -2.97. The molecule has 0 saturated heterocycles. The highest BCUT2D eigenvalue weighted by atomic mass is 32.2. The normalized spacial score (nSPS) is 10.8. The predicted molar refractivity (Wildman–Crippen MR) is 129 cm³/mol. The van der Waals surface area contributed by atoms with E-state index in [1.54, 1.807) is 23.2 Å². The fourth-order valence-electron chi connectivity index (χ4n) is 3.39. The molecule has 3 rings (SSSR count). The topological polar surface area (TPSA) is 67.9 Å². The predicted octanol–water partition coefficient (Wildman–Crippen LogP) is 3.80. The summed E-state index contributed by atoms with van der Waals surface area (Å²) in [6, 6.07) is 17.4. The summed E-state index contributed by atoms with van der Waals surface area (Å²) in [5, 5.41) is 0. The van der Waals surface area contributed by atoms with Crippen molar-refractivity contribution in [1.29, 1.82) is 0 Å². The van der Waals surface area contributed by atoms with Crippen molar-refractivity contribution in [3.8, 4) is 0 Å². The summed E-state index contributed by atoms with van der Waals surface area (Å²) in [4.78, 5) is 30.8. The van der Waals surface area contributed by atoms with Crippen molar-refractivity contribution in [3.05, 3.63) is 78.5 Å². The molecule has 0 radical (unpaired) electrons. The van der Waals surface area contributed by atoms with Gasteiger partial charge in [-0.3, -0.25) is 9.59 Å². The van der Waals surface area contributed by atoms with Gasteiger partial charge < -0.3 is 23.5 Å². The zero-order chi connectivity index (χ0) is 23.5. The highest BCUT2D eigenvalue weighted by Crippen LogP contribution is 2.18. The Bertz CT molecular complexity index is 988. The van der Waals surface area contributed by atoms with E-state index in [1.807, 2.05) is 72.4 Å². The molecule has 33 heavy (non-hydrogen) atoms. The molecule has 0 saturated carbocycles. The Balaban J connectivity index is 1.69. The number of aryl methyl sites for hydroxylation is 1. The fourth-order valence-corrected chi connectivity index (χ4v) is 4.21. The van der Waals surface area contributed by atoms with Gasteiger partial charge in [-0.05, 0) is 42.8 Å². The van der Waals surface area contributed by atoms with Gasteiger partial charge >= 0.3 is 0 Å². The van der Waals surface area contributed by atoms with Crippen molar-refractivity contribution >= 4 is 23.6 Å². The molecule has 0 aliphatic heterocycles. The lowest BCUT2D eigenvalue weighted by Gasteiger charge is -2.27. The zero-order valence-corrected chi connectivity index (χ0v) is 20.0. The molecule has 2 amide bonds. The average Bonchev–Trinajstić information content (AvgIpc) is 3.49. The van der Waals surface area contributed by atoms with Crippen LogP contribution in [0.2, 0.25) is 0 Å². The second-order valence-electron chi connectivity index (χ2n) is 7.70. The van der Waals surface area contributed by atoms with Crippen LogP contribution in [0.4, 0.5) is 0 Å². The minimum Gasteiger partial charge on any atom is -0.467 e. The third kappa shape index (κ3) is 7.83. The number of hydrogen-bond donors (Lipinski definition) is 0. The molecule has 2 heterocycles. The summed E-state index contributed by atoms with van der Waals surface area (Å²) in [7, 11) is 3.58. The monoisotopic (exact) mass is 469 g/mol. The molecule has 0 bridgehead atoms. The summed E-state index contributed by atoms with van der Waals surface area (Å²) >= 11 is 1.48. The number of methoxy groups -OCH3 is 1. The minimum atomic E-state index is -0.122. The fraction of sp³-hybridized carbons (Fsp3) is 0.360. The van der Waals surface area contributed by atoms with Crippen molar-refractivity contribution in [1.82, 2.24) is 14.4 Å². The van der Waals surface area contributed by atoms with Gasteiger partial charge in [-0.2, -0.15) is 0 Å². The van der Waals surface area contributed by atoms with E-state index in [0.717, 1.165) is 10.6 Å². The number of amides is 2. The molecule has 0 atom stereocenters.